The Balaban J connectivity index is 1.99. The van der Waals surface area contributed by atoms with E-state index in [1.165, 1.54) is 12.1 Å². The van der Waals surface area contributed by atoms with Crippen molar-refractivity contribution >= 4 is 10.9 Å². The van der Waals surface area contributed by atoms with Crippen LogP contribution in [0.5, 0.6) is 5.75 Å². The Morgan fingerprint density at radius 3 is 2.42 bits per heavy atom. The SMILES string of the molecule is CNC[C@H](O)[C@H](c1ccc(OC(F)(F)F)cc1)n1ccc2ccccc21. The van der Waals surface area contributed by atoms with Crippen LogP contribution >= 0.6 is 0 Å². The zero-order valence-electron chi connectivity index (χ0n) is 14.1. The molecule has 2 atom stereocenters. The van der Waals surface area contributed by atoms with Crippen LogP contribution in [-0.4, -0.2) is 35.7 Å². The molecule has 7 heteroatoms. The number of likely N-dealkylation sites (N-methyl/N-ethyl adjacent to an activating group) is 1. The Morgan fingerprint density at radius 2 is 1.77 bits per heavy atom. The van der Waals surface area contributed by atoms with Crippen molar-refractivity contribution in [3.8, 4) is 5.75 Å². The van der Waals surface area contributed by atoms with Gasteiger partial charge in [0.2, 0.25) is 0 Å². The van der Waals surface area contributed by atoms with Crippen molar-refractivity contribution in [3.05, 3.63) is 66.4 Å². The molecule has 0 fully saturated rings. The molecule has 4 nitrogen and oxygen atoms in total. The molecule has 3 rings (SSSR count). The van der Waals surface area contributed by atoms with Crippen molar-refractivity contribution in [2.24, 2.45) is 0 Å². The number of nitrogens with one attached hydrogen (secondary N) is 1. The molecule has 0 aliphatic heterocycles. The number of benzene rings is 2. The number of rotatable bonds is 6. The van der Waals surface area contributed by atoms with E-state index in [9.17, 15) is 18.3 Å². The second kappa shape index (κ2) is 7.39. The molecular weight excluding hydrogens is 345 g/mol. The summed E-state index contributed by atoms with van der Waals surface area (Å²) in [6.07, 6.45) is -3.64. The molecule has 0 radical (unpaired) electrons. The standard InChI is InChI=1S/C19H19F3N2O2/c1-23-12-17(25)18(24-11-10-13-4-2-3-5-16(13)24)14-6-8-15(9-7-14)26-19(20,21)22/h2-11,17-18,23,25H,12H2,1H3/t17-,18-/m0/s1. The smallest absolute Gasteiger partial charge is 0.406 e. The maximum absolute atomic E-state index is 12.4. The van der Waals surface area contributed by atoms with E-state index in [1.807, 2.05) is 41.1 Å². The molecule has 2 N–H and O–H groups in total. The number of ether oxygens (including phenoxy) is 1. The van der Waals surface area contributed by atoms with Crippen molar-refractivity contribution in [1.82, 2.24) is 9.88 Å². The summed E-state index contributed by atoms with van der Waals surface area (Å²) in [7, 11) is 1.73. The largest absolute Gasteiger partial charge is 0.573 e. The summed E-state index contributed by atoms with van der Waals surface area (Å²) in [6, 6.07) is 14.8. The number of nitrogens with zero attached hydrogens (tertiary/aromatic N) is 1. The van der Waals surface area contributed by atoms with Crippen LogP contribution in [0.15, 0.2) is 60.8 Å². The van der Waals surface area contributed by atoms with E-state index >= 15 is 0 Å². The molecule has 0 bridgehead atoms. The Kier molecular flexibility index (Phi) is 5.20. The number of alkyl halides is 3. The third kappa shape index (κ3) is 4.00. The van der Waals surface area contributed by atoms with Gasteiger partial charge in [-0.1, -0.05) is 30.3 Å². The molecule has 0 unspecified atom stereocenters. The summed E-state index contributed by atoms with van der Waals surface area (Å²) in [5, 5.41) is 14.6. The fourth-order valence-electron chi connectivity index (χ4n) is 3.10. The minimum absolute atomic E-state index is 0.291. The lowest BCUT2D eigenvalue weighted by Gasteiger charge is -2.26. The highest BCUT2D eigenvalue weighted by atomic mass is 19.4. The van der Waals surface area contributed by atoms with Gasteiger partial charge in [-0.05, 0) is 42.3 Å². The van der Waals surface area contributed by atoms with E-state index in [1.54, 1.807) is 19.2 Å². The fraction of sp³-hybridized carbons (Fsp3) is 0.263. The number of fused-ring (bicyclic) bond motifs is 1. The number of halogens is 3. The molecular formula is C19H19F3N2O2. The number of aromatic nitrogens is 1. The summed E-state index contributed by atoms with van der Waals surface area (Å²) < 4.78 is 42.9. The lowest BCUT2D eigenvalue weighted by atomic mass is 10.0. The van der Waals surface area contributed by atoms with E-state index in [-0.39, 0.29) is 5.75 Å². The van der Waals surface area contributed by atoms with E-state index in [2.05, 4.69) is 10.1 Å². The lowest BCUT2D eigenvalue weighted by Crippen LogP contribution is -2.33. The minimum atomic E-state index is -4.73. The Morgan fingerprint density at radius 1 is 1.08 bits per heavy atom. The summed E-state index contributed by atoms with van der Waals surface area (Å²) in [5.41, 5.74) is 1.62. The minimum Gasteiger partial charge on any atom is -0.406 e. The Labute approximate surface area is 148 Å². The summed E-state index contributed by atoms with van der Waals surface area (Å²) >= 11 is 0. The molecule has 0 aliphatic rings. The first-order chi connectivity index (χ1) is 12.4. The quantitative estimate of drug-likeness (QED) is 0.701. The maximum Gasteiger partial charge on any atom is 0.573 e. The first kappa shape index (κ1) is 18.3. The molecule has 0 spiro atoms. The second-order valence-electron chi connectivity index (χ2n) is 5.97. The average molecular weight is 364 g/mol. The number of aliphatic hydroxyl groups excluding tert-OH is 1. The van der Waals surface area contributed by atoms with Crippen molar-refractivity contribution in [1.29, 1.82) is 0 Å². The number of hydrogen-bond donors (Lipinski definition) is 2. The molecule has 0 amide bonds. The highest BCUT2D eigenvalue weighted by Gasteiger charge is 2.31. The summed E-state index contributed by atoms with van der Waals surface area (Å²) in [4.78, 5) is 0. The van der Waals surface area contributed by atoms with E-state index in [0.717, 1.165) is 10.9 Å². The van der Waals surface area contributed by atoms with E-state index in [0.29, 0.717) is 12.1 Å². The van der Waals surface area contributed by atoms with E-state index in [4.69, 9.17) is 0 Å². The van der Waals surface area contributed by atoms with Crippen molar-refractivity contribution < 1.29 is 23.0 Å². The van der Waals surface area contributed by atoms with Gasteiger partial charge < -0.3 is 19.7 Å². The first-order valence-corrected chi connectivity index (χ1v) is 8.13. The van der Waals surface area contributed by atoms with Gasteiger partial charge in [0.15, 0.2) is 0 Å². The topological polar surface area (TPSA) is 46.4 Å². The van der Waals surface area contributed by atoms with Gasteiger partial charge in [-0.15, -0.1) is 13.2 Å². The summed E-state index contributed by atoms with van der Waals surface area (Å²) in [5.74, 6) is -0.291. The Hall–Kier alpha value is -2.51. The molecule has 26 heavy (non-hydrogen) atoms. The zero-order chi connectivity index (χ0) is 18.7. The molecule has 0 saturated heterocycles. The average Bonchev–Trinajstić information content (AvgIpc) is 3.00. The second-order valence-corrected chi connectivity index (χ2v) is 5.97. The third-order valence-corrected chi connectivity index (χ3v) is 4.16. The molecule has 3 aromatic rings. The van der Waals surface area contributed by atoms with Crippen molar-refractivity contribution in [3.63, 3.8) is 0 Å². The predicted octanol–water partition coefficient (Wildman–Crippen LogP) is 3.71. The predicted molar refractivity (Wildman–Crippen MR) is 93.1 cm³/mol. The van der Waals surface area contributed by atoms with Crippen LogP contribution in [0.2, 0.25) is 0 Å². The lowest BCUT2D eigenvalue weighted by molar-refractivity contribution is -0.274. The third-order valence-electron chi connectivity index (χ3n) is 4.16. The summed E-state index contributed by atoms with van der Waals surface area (Å²) in [6.45, 7) is 0.331. The van der Waals surface area contributed by atoms with Crippen LogP contribution in [0.1, 0.15) is 11.6 Å². The van der Waals surface area contributed by atoms with Crippen molar-refractivity contribution in [2.75, 3.05) is 13.6 Å². The van der Waals surface area contributed by atoms with Crippen LogP contribution in [0.3, 0.4) is 0 Å². The van der Waals surface area contributed by atoms with Crippen LogP contribution in [0, 0.1) is 0 Å². The molecule has 1 aromatic heterocycles. The molecule has 0 saturated carbocycles. The molecule has 1 heterocycles. The van der Waals surface area contributed by atoms with Gasteiger partial charge in [0.25, 0.3) is 0 Å². The number of para-hydroxylation sites is 1. The van der Waals surface area contributed by atoms with Crippen LogP contribution < -0.4 is 10.1 Å². The van der Waals surface area contributed by atoms with Crippen LogP contribution in [0.4, 0.5) is 13.2 Å². The van der Waals surface area contributed by atoms with Gasteiger partial charge in [-0.2, -0.15) is 0 Å². The Bertz CT molecular complexity index is 859. The maximum atomic E-state index is 12.4. The van der Waals surface area contributed by atoms with Crippen molar-refractivity contribution in [2.45, 2.75) is 18.5 Å². The molecule has 2 aromatic carbocycles. The van der Waals surface area contributed by atoms with Crippen LogP contribution in [0.25, 0.3) is 10.9 Å². The number of aliphatic hydroxyl groups is 1. The first-order valence-electron chi connectivity index (χ1n) is 8.13. The van der Waals surface area contributed by atoms with Gasteiger partial charge in [-0.25, -0.2) is 0 Å². The molecule has 138 valence electrons. The number of hydrogen-bond acceptors (Lipinski definition) is 3. The van der Waals surface area contributed by atoms with Gasteiger partial charge in [0.1, 0.15) is 5.75 Å². The highest BCUT2D eigenvalue weighted by molar-refractivity contribution is 5.80. The van der Waals surface area contributed by atoms with E-state index < -0.39 is 18.5 Å². The normalized spacial score (nSPS) is 14.3. The fourth-order valence-corrected chi connectivity index (χ4v) is 3.10. The zero-order valence-corrected chi connectivity index (χ0v) is 14.1. The molecule has 0 aliphatic carbocycles. The highest BCUT2D eigenvalue weighted by Crippen LogP contribution is 2.30. The van der Waals surface area contributed by atoms with Gasteiger partial charge in [-0.3, -0.25) is 0 Å². The van der Waals surface area contributed by atoms with Crippen LogP contribution in [-0.2, 0) is 0 Å². The van der Waals surface area contributed by atoms with Gasteiger partial charge in [0, 0.05) is 18.3 Å². The van der Waals surface area contributed by atoms with Gasteiger partial charge >= 0.3 is 6.36 Å². The monoisotopic (exact) mass is 364 g/mol. The van der Waals surface area contributed by atoms with Gasteiger partial charge in [0.05, 0.1) is 12.1 Å².